The molecule has 0 radical (unpaired) electrons. The van der Waals surface area contributed by atoms with Crippen LogP contribution < -0.4 is 5.32 Å². The molecule has 120 valence electrons. The van der Waals surface area contributed by atoms with E-state index in [1.807, 2.05) is 0 Å². The van der Waals surface area contributed by atoms with Gasteiger partial charge in [0.1, 0.15) is 0 Å². The number of fused-ring (bicyclic) bond motifs is 2. The molecule has 1 amide bonds. The highest BCUT2D eigenvalue weighted by Gasteiger charge is 2.50. The van der Waals surface area contributed by atoms with Crippen LogP contribution in [0.2, 0.25) is 0 Å². The summed E-state index contributed by atoms with van der Waals surface area (Å²) in [5.41, 5.74) is 3.64. The van der Waals surface area contributed by atoms with Gasteiger partial charge < -0.3 is 5.32 Å². The first-order chi connectivity index (χ1) is 10.4. The zero-order valence-electron chi connectivity index (χ0n) is 14.4. The Balaban J connectivity index is 1.73. The number of rotatable bonds is 3. The van der Waals surface area contributed by atoms with Crippen molar-refractivity contribution in [3.05, 3.63) is 34.9 Å². The number of hydrogen-bond acceptors (Lipinski definition) is 1. The number of carbonyl (C=O) groups is 1. The van der Waals surface area contributed by atoms with E-state index in [2.05, 4.69) is 51.2 Å². The average molecular weight is 299 g/mol. The van der Waals surface area contributed by atoms with Crippen molar-refractivity contribution >= 4 is 5.91 Å². The van der Waals surface area contributed by atoms with E-state index >= 15 is 0 Å². The van der Waals surface area contributed by atoms with E-state index in [1.54, 1.807) is 0 Å². The molecule has 1 N–H and O–H groups in total. The molecule has 2 saturated carbocycles. The monoisotopic (exact) mass is 299 g/mol. The Kier molecular flexibility index (Phi) is 4.05. The van der Waals surface area contributed by atoms with Crippen LogP contribution in [0.3, 0.4) is 0 Å². The summed E-state index contributed by atoms with van der Waals surface area (Å²) in [7, 11) is 0. The summed E-state index contributed by atoms with van der Waals surface area (Å²) in [6, 6.07) is 6.58. The molecule has 2 nitrogen and oxygen atoms in total. The smallest absolute Gasteiger partial charge is 0.226 e. The maximum absolute atomic E-state index is 13.0. The van der Waals surface area contributed by atoms with Gasteiger partial charge in [-0.05, 0) is 63.0 Å². The molecule has 2 bridgehead atoms. The first kappa shape index (κ1) is 15.6. The van der Waals surface area contributed by atoms with E-state index in [-0.39, 0.29) is 17.4 Å². The lowest BCUT2D eigenvalue weighted by molar-refractivity contribution is -0.132. The lowest BCUT2D eigenvalue weighted by Gasteiger charge is -2.32. The minimum atomic E-state index is -0.145. The van der Waals surface area contributed by atoms with Crippen LogP contribution in [-0.2, 0) is 4.79 Å². The van der Waals surface area contributed by atoms with Gasteiger partial charge in [0, 0.05) is 5.41 Å². The van der Waals surface area contributed by atoms with Crippen LogP contribution in [0.4, 0.5) is 0 Å². The molecule has 4 atom stereocenters. The molecule has 22 heavy (non-hydrogen) atoms. The second kappa shape index (κ2) is 5.72. The molecule has 2 heteroatoms. The Morgan fingerprint density at radius 3 is 2.77 bits per heavy atom. The van der Waals surface area contributed by atoms with Crippen LogP contribution in [0, 0.1) is 31.1 Å². The Bertz CT molecular complexity index is 579. The van der Waals surface area contributed by atoms with Gasteiger partial charge >= 0.3 is 0 Å². The van der Waals surface area contributed by atoms with Crippen LogP contribution in [0.5, 0.6) is 0 Å². The maximum Gasteiger partial charge on any atom is 0.226 e. The first-order valence-electron chi connectivity index (χ1n) is 8.78. The minimum absolute atomic E-state index is 0.0883. The zero-order valence-corrected chi connectivity index (χ0v) is 14.4. The van der Waals surface area contributed by atoms with E-state index in [0.717, 1.165) is 12.3 Å². The van der Waals surface area contributed by atoms with Gasteiger partial charge in [-0.25, -0.2) is 0 Å². The minimum Gasteiger partial charge on any atom is -0.349 e. The molecule has 2 fully saturated rings. The highest BCUT2D eigenvalue weighted by atomic mass is 16.2. The molecule has 2 aliphatic rings. The fourth-order valence-electron chi connectivity index (χ4n) is 4.85. The van der Waals surface area contributed by atoms with Crippen LogP contribution in [0.25, 0.3) is 0 Å². The number of hydrogen-bond donors (Lipinski definition) is 1. The number of amides is 1. The number of carbonyl (C=O) groups excluding carboxylic acids is 1. The third-order valence-electron chi connectivity index (χ3n) is 6.15. The summed E-state index contributed by atoms with van der Waals surface area (Å²) in [5.74, 6) is 1.65. The van der Waals surface area contributed by atoms with E-state index in [1.165, 1.54) is 42.4 Å². The Hall–Kier alpha value is -1.31. The Morgan fingerprint density at radius 1 is 1.32 bits per heavy atom. The number of benzene rings is 1. The standard InChI is InChI=1S/C20H29NO/c1-13-8-9-18(14(2)10-13)15(3)21-19(22)20(4)12-16-6-5-7-17(20)11-16/h8-10,15-17H,5-7,11-12H2,1-4H3,(H,21,22). The van der Waals surface area contributed by atoms with Gasteiger partial charge in [-0.15, -0.1) is 0 Å². The molecular formula is C20H29NO. The second-order valence-corrected chi connectivity index (χ2v) is 7.91. The first-order valence-corrected chi connectivity index (χ1v) is 8.78. The van der Waals surface area contributed by atoms with Crippen molar-refractivity contribution in [3.8, 4) is 0 Å². The predicted molar refractivity (Wildman–Crippen MR) is 90.6 cm³/mol. The fraction of sp³-hybridized carbons (Fsp3) is 0.650. The predicted octanol–water partition coefficient (Wildman–Crippen LogP) is 4.70. The van der Waals surface area contributed by atoms with Crippen LogP contribution in [0.15, 0.2) is 18.2 Å². The van der Waals surface area contributed by atoms with Crippen molar-refractivity contribution in [1.29, 1.82) is 0 Å². The van der Waals surface area contributed by atoms with Gasteiger partial charge in [0.05, 0.1) is 6.04 Å². The number of nitrogens with one attached hydrogen (secondary N) is 1. The Morgan fingerprint density at radius 2 is 2.09 bits per heavy atom. The van der Waals surface area contributed by atoms with Crippen molar-refractivity contribution in [1.82, 2.24) is 5.32 Å². The second-order valence-electron chi connectivity index (χ2n) is 7.91. The highest BCUT2D eigenvalue weighted by molar-refractivity contribution is 5.83. The highest BCUT2D eigenvalue weighted by Crippen LogP contribution is 2.53. The largest absolute Gasteiger partial charge is 0.349 e. The quantitative estimate of drug-likeness (QED) is 0.861. The number of aryl methyl sites for hydroxylation is 2. The SMILES string of the molecule is Cc1ccc(C(C)NC(=O)C2(C)CC3CCCC2C3)c(C)c1. The van der Waals surface area contributed by atoms with Crippen molar-refractivity contribution < 1.29 is 4.79 Å². The summed E-state index contributed by atoms with van der Waals surface area (Å²) >= 11 is 0. The van der Waals surface area contributed by atoms with E-state index in [4.69, 9.17) is 0 Å². The lowest BCUT2D eigenvalue weighted by atomic mass is 9.76. The third kappa shape index (κ3) is 2.68. The van der Waals surface area contributed by atoms with Gasteiger partial charge in [-0.1, -0.05) is 43.5 Å². The van der Waals surface area contributed by atoms with Crippen molar-refractivity contribution in [2.75, 3.05) is 0 Å². The molecule has 4 unspecified atom stereocenters. The molecule has 1 aromatic rings. The molecule has 1 aromatic carbocycles. The Labute approximate surface area is 134 Å². The van der Waals surface area contributed by atoms with Gasteiger partial charge in [0.25, 0.3) is 0 Å². The van der Waals surface area contributed by atoms with Gasteiger partial charge in [-0.2, -0.15) is 0 Å². The summed E-state index contributed by atoms with van der Waals surface area (Å²) in [5, 5.41) is 3.31. The van der Waals surface area contributed by atoms with Gasteiger partial charge in [0.15, 0.2) is 0 Å². The van der Waals surface area contributed by atoms with Crippen molar-refractivity contribution in [2.45, 2.75) is 65.8 Å². The molecule has 0 saturated heterocycles. The summed E-state index contributed by atoms with van der Waals surface area (Å²) < 4.78 is 0. The van der Waals surface area contributed by atoms with Gasteiger partial charge in [0.2, 0.25) is 5.91 Å². The molecule has 0 spiro atoms. The van der Waals surface area contributed by atoms with Gasteiger partial charge in [-0.3, -0.25) is 4.79 Å². The summed E-state index contributed by atoms with van der Waals surface area (Å²) in [4.78, 5) is 13.0. The lowest BCUT2D eigenvalue weighted by Crippen LogP contribution is -2.42. The maximum atomic E-state index is 13.0. The van der Waals surface area contributed by atoms with E-state index in [0.29, 0.717) is 5.92 Å². The molecule has 2 aliphatic carbocycles. The van der Waals surface area contributed by atoms with Crippen LogP contribution in [-0.4, -0.2) is 5.91 Å². The topological polar surface area (TPSA) is 29.1 Å². The van der Waals surface area contributed by atoms with Crippen molar-refractivity contribution in [2.24, 2.45) is 17.3 Å². The van der Waals surface area contributed by atoms with E-state index < -0.39 is 0 Å². The summed E-state index contributed by atoms with van der Waals surface area (Å²) in [6.07, 6.45) is 6.22. The molecule has 0 aliphatic heterocycles. The molecule has 3 rings (SSSR count). The molecular weight excluding hydrogens is 270 g/mol. The summed E-state index contributed by atoms with van der Waals surface area (Å²) in [6.45, 7) is 8.56. The van der Waals surface area contributed by atoms with Crippen LogP contribution in [0.1, 0.15) is 68.7 Å². The van der Waals surface area contributed by atoms with Crippen molar-refractivity contribution in [3.63, 3.8) is 0 Å². The van der Waals surface area contributed by atoms with E-state index in [9.17, 15) is 4.79 Å². The third-order valence-corrected chi connectivity index (χ3v) is 6.15. The normalized spacial score (nSPS) is 31.8. The molecule has 0 heterocycles. The fourth-order valence-corrected chi connectivity index (χ4v) is 4.85. The average Bonchev–Trinajstić information content (AvgIpc) is 2.69. The van der Waals surface area contributed by atoms with Crippen LogP contribution >= 0.6 is 0 Å². The zero-order chi connectivity index (χ0) is 15.9. The molecule has 0 aromatic heterocycles.